The highest BCUT2D eigenvalue weighted by Gasteiger charge is 2.34. The van der Waals surface area contributed by atoms with E-state index < -0.39 is 0 Å². The van der Waals surface area contributed by atoms with Crippen molar-refractivity contribution in [3.8, 4) is 11.1 Å². The van der Waals surface area contributed by atoms with Gasteiger partial charge in [-0.1, -0.05) is 66.7 Å². The van der Waals surface area contributed by atoms with E-state index in [9.17, 15) is 0 Å². The summed E-state index contributed by atoms with van der Waals surface area (Å²) >= 11 is 0. The Kier molecular flexibility index (Phi) is 2.70. The second kappa shape index (κ2) is 5.14. The second-order valence-electron chi connectivity index (χ2n) is 8.17. The van der Waals surface area contributed by atoms with Crippen molar-refractivity contribution in [2.45, 2.75) is 19.3 Å². The van der Waals surface area contributed by atoms with Crippen molar-refractivity contribution >= 4 is 17.1 Å². The topological polar surface area (TPSA) is 3.24 Å². The van der Waals surface area contributed by atoms with Crippen molar-refractivity contribution < 1.29 is 0 Å². The fourth-order valence-corrected chi connectivity index (χ4v) is 5.54. The summed E-state index contributed by atoms with van der Waals surface area (Å²) in [5, 5.41) is 0. The molecule has 0 unspecified atom stereocenters. The van der Waals surface area contributed by atoms with E-state index in [1.807, 2.05) is 0 Å². The SMILES string of the molecule is c1ccc2c(c1)Cc1ccc3c(c1-2)Cc1cccc2c1N3c1ccccc1C2. The van der Waals surface area contributed by atoms with Gasteiger partial charge in [0.25, 0.3) is 0 Å². The number of hydrogen-bond donors (Lipinski definition) is 0. The maximum Gasteiger partial charge on any atom is 0.0532 e. The average molecular weight is 357 g/mol. The first-order valence-electron chi connectivity index (χ1n) is 10.1. The van der Waals surface area contributed by atoms with Crippen LogP contribution in [0.3, 0.4) is 0 Å². The minimum absolute atomic E-state index is 1.02. The van der Waals surface area contributed by atoms with Crippen LogP contribution in [0.15, 0.2) is 78.9 Å². The van der Waals surface area contributed by atoms with Crippen LogP contribution in [-0.4, -0.2) is 0 Å². The number of hydrogen-bond acceptors (Lipinski definition) is 1. The lowest BCUT2D eigenvalue weighted by atomic mass is 9.84. The van der Waals surface area contributed by atoms with Crippen LogP contribution in [0.25, 0.3) is 11.1 Å². The van der Waals surface area contributed by atoms with E-state index in [-0.39, 0.29) is 0 Å². The van der Waals surface area contributed by atoms with Gasteiger partial charge in [-0.25, -0.2) is 0 Å². The van der Waals surface area contributed by atoms with Crippen LogP contribution in [0.4, 0.5) is 17.1 Å². The van der Waals surface area contributed by atoms with Crippen molar-refractivity contribution in [1.82, 2.24) is 0 Å². The maximum absolute atomic E-state index is 2.53. The Morgan fingerprint density at radius 1 is 0.500 bits per heavy atom. The van der Waals surface area contributed by atoms with Gasteiger partial charge in [0, 0.05) is 18.5 Å². The summed E-state index contributed by atoms with van der Waals surface area (Å²) in [7, 11) is 0. The first-order valence-corrected chi connectivity index (χ1v) is 10.1. The minimum Gasteiger partial charge on any atom is -0.309 e. The van der Waals surface area contributed by atoms with Gasteiger partial charge in [-0.15, -0.1) is 0 Å². The van der Waals surface area contributed by atoms with Crippen molar-refractivity contribution in [1.29, 1.82) is 0 Å². The zero-order valence-electron chi connectivity index (χ0n) is 15.6. The third-order valence-corrected chi connectivity index (χ3v) is 6.69. The molecular formula is C27H19N. The van der Waals surface area contributed by atoms with E-state index in [0.717, 1.165) is 19.3 Å². The highest BCUT2D eigenvalue weighted by molar-refractivity contribution is 5.94. The zero-order chi connectivity index (χ0) is 18.2. The standard InChI is InChI=1S/C27H19N/c1-3-10-22-17(6-1)14-19-12-13-25-23(26(19)22)16-21-9-5-8-20-15-18-7-2-4-11-24(18)28(25)27(20)21/h1-13H,14-16H2. The van der Waals surface area contributed by atoms with Crippen LogP contribution in [0.1, 0.15) is 33.4 Å². The Hall–Kier alpha value is -3.32. The van der Waals surface area contributed by atoms with Gasteiger partial charge in [-0.2, -0.15) is 0 Å². The molecule has 0 bridgehead atoms. The Bertz CT molecular complexity index is 1300. The molecule has 3 aliphatic rings. The molecule has 1 nitrogen and oxygen atoms in total. The number of anilines is 3. The Morgan fingerprint density at radius 3 is 2.14 bits per heavy atom. The Labute approximate surface area is 164 Å². The first kappa shape index (κ1) is 14.7. The molecule has 0 atom stereocenters. The predicted molar refractivity (Wildman–Crippen MR) is 115 cm³/mol. The fraction of sp³-hybridized carbons (Fsp3) is 0.111. The number of nitrogens with zero attached hydrogens (tertiary/aromatic N) is 1. The van der Waals surface area contributed by atoms with Gasteiger partial charge < -0.3 is 4.90 Å². The molecule has 0 N–H and O–H groups in total. The third-order valence-electron chi connectivity index (χ3n) is 6.69. The molecule has 0 fully saturated rings. The van der Waals surface area contributed by atoms with Crippen LogP contribution < -0.4 is 4.90 Å². The zero-order valence-corrected chi connectivity index (χ0v) is 15.6. The molecule has 0 aromatic heterocycles. The summed E-state index contributed by atoms with van der Waals surface area (Å²) in [5.41, 5.74) is 15.8. The van der Waals surface area contributed by atoms with Crippen LogP contribution >= 0.6 is 0 Å². The minimum atomic E-state index is 1.02. The number of benzene rings is 4. The second-order valence-corrected chi connectivity index (χ2v) is 8.17. The molecule has 2 heterocycles. The molecule has 132 valence electrons. The van der Waals surface area contributed by atoms with E-state index in [1.165, 1.54) is 61.6 Å². The summed E-state index contributed by atoms with van der Waals surface area (Å²) in [6.07, 6.45) is 3.11. The molecule has 2 aliphatic heterocycles. The predicted octanol–water partition coefficient (Wildman–Crippen LogP) is 6.54. The molecule has 4 aromatic rings. The van der Waals surface area contributed by atoms with E-state index in [0.29, 0.717) is 0 Å². The van der Waals surface area contributed by atoms with Gasteiger partial charge in [0.15, 0.2) is 0 Å². The molecule has 0 saturated heterocycles. The summed E-state index contributed by atoms with van der Waals surface area (Å²) in [4.78, 5) is 2.53. The summed E-state index contributed by atoms with van der Waals surface area (Å²) in [5.74, 6) is 0. The lowest BCUT2D eigenvalue weighted by Crippen LogP contribution is -2.25. The van der Waals surface area contributed by atoms with Crippen LogP contribution in [0.5, 0.6) is 0 Å². The highest BCUT2D eigenvalue weighted by atomic mass is 15.2. The largest absolute Gasteiger partial charge is 0.309 e. The van der Waals surface area contributed by atoms with Crippen molar-refractivity contribution in [2.24, 2.45) is 0 Å². The molecule has 28 heavy (non-hydrogen) atoms. The summed E-state index contributed by atoms with van der Waals surface area (Å²) in [6.45, 7) is 0. The van der Waals surface area contributed by atoms with Gasteiger partial charge >= 0.3 is 0 Å². The van der Waals surface area contributed by atoms with Gasteiger partial charge in [0.1, 0.15) is 0 Å². The lowest BCUT2D eigenvalue weighted by Gasteiger charge is -2.40. The van der Waals surface area contributed by atoms with Crippen molar-refractivity contribution in [3.63, 3.8) is 0 Å². The summed E-state index contributed by atoms with van der Waals surface area (Å²) in [6, 6.07) is 29.4. The normalized spacial score (nSPS) is 14.6. The van der Waals surface area contributed by atoms with Crippen LogP contribution in [0, 0.1) is 0 Å². The van der Waals surface area contributed by atoms with Crippen LogP contribution in [-0.2, 0) is 19.3 Å². The van der Waals surface area contributed by atoms with Crippen molar-refractivity contribution in [3.05, 3.63) is 112 Å². The molecule has 0 saturated carbocycles. The Balaban J connectivity index is 1.56. The first-order chi connectivity index (χ1) is 13.9. The number of fused-ring (bicyclic) bond motifs is 8. The van der Waals surface area contributed by atoms with Gasteiger partial charge in [0.05, 0.1) is 11.4 Å². The molecule has 1 heteroatoms. The quantitative estimate of drug-likeness (QED) is 0.298. The Morgan fingerprint density at radius 2 is 1.21 bits per heavy atom. The molecule has 0 amide bonds. The molecule has 0 spiro atoms. The monoisotopic (exact) mass is 357 g/mol. The highest BCUT2D eigenvalue weighted by Crippen LogP contribution is 2.53. The molecule has 7 rings (SSSR count). The molecule has 4 aromatic carbocycles. The van der Waals surface area contributed by atoms with E-state index in [2.05, 4.69) is 83.8 Å². The van der Waals surface area contributed by atoms with Gasteiger partial charge in [-0.05, 0) is 63.1 Å². The molecular weight excluding hydrogens is 338 g/mol. The summed E-state index contributed by atoms with van der Waals surface area (Å²) < 4.78 is 0. The molecule has 1 aliphatic carbocycles. The van der Waals surface area contributed by atoms with Crippen LogP contribution in [0.2, 0.25) is 0 Å². The average Bonchev–Trinajstić information content (AvgIpc) is 3.12. The third kappa shape index (κ3) is 1.77. The fourth-order valence-electron chi connectivity index (χ4n) is 5.54. The maximum atomic E-state index is 2.53. The van der Waals surface area contributed by atoms with E-state index >= 15 is 0 Å². The number of para-hydroxylation sites is 2. The van der Waals surface area contributed by atoms with Gasteiger partial charge in [-0.3, -0.25) is 0 Å². The van der Waals surface area contributed by atoms with E-state index in [4.69, 9.17) is 0 Å². The lowest BCUT2D eigenvalue weighted by molar-refractivity contribution is 1.01. The number of rotatable bonds is 0. The van der Waals surface area contributed by atoms with Gasteiger partial charge in [0.2, 0.25) is 0 Å². The van der Waals surface area contributed by atoms with E-state index in [1.54, 1.807) is 0 Å². The smallest absolute Gasteiger partial charge is 0.0532 e. The van der Waals surface area contributed by atoms with Crippen molar-refractivity contribution in [2.75, 3.05) is 4.90 Å². The molecule has 0 radical (unpaired) electrons.